The molecular formula is C18H29N. The quantitative estimate of drug-likeness (QED) is 0.673. The number of unbranched alkanes of at least 4 members (excludes halogenated alkanes) is 2. The largest absolute Gasteiger partial charge is 0.382 e. The van der Waals surface area contributed by atoms with Crippen molar-refractivity contribution in [2.75, 3.05) is 5.32 Å². The smallest absolute Gasteiger partial charge is 0.0342 e. The van der Waals surface area contributed by atoms with Crippen LogP contribution in [0.2, 0.25) is 0 Å². The maximum Gasteiger partial charge on any atom is 0.0342 e. The second-order valence-corrected chi connectivity index (χ2v) is 6.26. The van der Waals surface area contributed by atoms with Gasteiger partial charge in [0.2, 0.25) is 0 Å². The summed E-state index contributed by atoms with van der Waals surface area (Å²) in [6, 6.07) is 9.81. The van der Waals surface area contributed by atoms with Crippen molar-refractivity contribution < 1.29 is 0 Å². The van der Waals surface area contributed by atoms with Crippen molar-refractivity contribution >= 4 is 5.69 Å². The molecule has 2 rings (SSSR count). The highest BCUT2D eigenvalue weighted by Crippen LogP contribution is 2.26. The van der Waals surface area contributed by atoms with Crippen molar-refractivity contribution in [3.63, 3.8) is 0 Å². The molecule has 0 heterocycles. The molecule has 0 radical (unpaired) electrons. The average molecular weight is 259 g/mol. The fourth-order valence-electron chi connectivity index (χ4n) is 2.99. The Kier molecular flexibility index (Phi) is 5.75. The molecule has 106 valence electrons. The summed E-state index contributed by atoms with van der Waals surface area (Å²) in [5.41, 5.74) is 2.79. The van der Waals surface area contributed by atoms with Crippen LogP contribution >= 0.6 is 0 Å². The summed E-state index contributed by atoms with van der Waals surface area (Å²) >= 11 is 0. The lowest BCUT2D eigenvalue weighted by atomic mass is 9.87. The highest BCUT2D eigenvalue weighted by molar-refractivity contribution is 5.45. The lowest BCUT2D eigenvalue weighted by molar-refractivity contribution is 0.361. The van der Waals surface area contributed by atoms with Gasteiger partial charge in [-0.3, -0.25) is 0 Å². The molecule has 1 heteroatoms. The fraction of sp³-hybridized carbons (Fsp3) is 0.667. The minimum atomic E-state index is 0.696. The Bertz CT molecular complexity index is 346. The van der Waals surface area contributed by atoms with Gasteiger partial charge >= 0.3 is 0 Å². The van der Waals surface area contributed by atoms with E-state index >= 15 is 0 Å². The van der Waals surface area contributed by atoms with Gasteiger partial charge in [-0.1, -0.05) is 38.8 Å². The fourth-order valence-corrected chi connectivity index (χ4v) is 2.99. The predicted molar refractivity (Wildman–Crippen MR) is 84.7 cm³/mol. The molecule has 1 aliphatic carbocycles. The third-order valence-electron chi connectivity index (χ3n) is 4.41. The first-order valence-corrected chi connectivity index (χ1v) is 8.13. The van der Waals surface area contributed by atoms with E-state index in [0.29, 0.717) is 6.04 Å². The topological polar surface area (TPSA) is 12.0 Å². The zero-order valence-corrected chi connectivity index (χ0v) is 12.6. The highest BCUT2D eigenvalue weighted by atomic mass is 14.9. The van der Waals surface area contributed by atoms with Gasteiger partial charge in [-0.15, -0.1) is 0 Å². The summed E-state index contributed by atoms with van der Waals surface area (Å²) in [6.45, 7) is 4.64. The van der Waals surface area contributed by atoms with Crippen LogP contribution in [-0.4, -0.2) is 6.04 Å². The number of nitrogens with one attached hydrogen (secondary N) is 1. The molecule has 1 nitrogen and oxygen atoms in total. The van der Waals surface area contributed by atoms with Gasteiger partial charge in [-0.05, 0) is 62.1 Å². The summed E-state index contributed by atoms with van der Waals surface area (Å²) in [7, 11) is 0. The van der Waals surface area contributed by atoms with E-state index in [0.717, 1.165) is 5.92 Å². The minimum Gasteiger partial charge on any atom is -0.382 e. The molecule has 0 spiro atoms. The third-order valence-corrected chi connectivity index (χ3v) is 4.41. The van der Waals surface area contributed by atoms with Crippen LogP contribution in [0, 0.1) is 5.92 Å². The molecule has 0 aromatic heterocycles. The summed E-state index contributed by atoms with van der Waals surface area (Å²) in [4.78, 5) is 0. The van der Waals surface area contributed by atoms with Crippen LogP contribution in [0.1, 0.15) is 64.4 Å². The Labute approximate surface area is 118 Å². The van der Waals surface area contributed by atoms with Gasteiger partial charge in [0.25, 0.3) is 0 Å². The molecule has 1 aromatic carbocycles. The predicted octanol–water partition coefficient (Wildman–Crippen LogP) is 5.41. The van der Waals surface area contributed by atoms with E-state index < -0.39 is 0 Å². The van der Waals surface area contributed by atoms with Gasteiger partial charge in [0.1, 0.15) is 0 Å². The second-order valence-electron chi connectivity index (χ2n) is 6.26. The number of aryl methyl sites for hydroxylation is 1. The molecule has 0 unspecified atom stereocenters. The molecule has 0 saturated heterocycles. The van der Waals surface area contributed by atoms with Gasteiger partial charge in [0.05, 0.1) is 0 Å². The van der Waals surface area contributed by atoms with Gasteiger partial charge in [-0.2, -0.15) is 0 Å². The first kappa shape index (κ1) is 14.4. The van der Waals surface area contributed by atoms with E-state index in [9.17, 15) is 0 Å². The highest BCUT2D eigenvalue weighted by Gasteiger charge is 2.17. The third kappa shape index (κ3) is 4.89. The molecule has 0 amide bonds. The molecular weight excluding hydrogens is 230 g/mol. The lowest BCUT2D eigenvalue weighted by Crippen LogP contribution is -2.25. The molecule has 1 aliphatic rings. The normalized spacial score (nSPS) is 23.3. The Hall–Kier alpha value is -0.980. The standard InChI is InChI=1S/C18H29N/c1-3-4-5-6-16-9-13-18(14-10-16)19-17-11-7-15(2)8-12-17/h9-10,13-15,17,19H,3-8,11-12H2,1-2H3. The zero-order valence-electron chi connectivity index (χ0n) is 12.6. The minimum absolute atomic E-state index is 0.696. The van der Waals surface area contributed by atoms with Crippen LogP contribution in [0.25, 0.3) is 0 Å². The number of rotatable bonds is 6. The number of hydrogen-bond donors (Lipinski definition) is 1. The van der Waals surface area contributed by atoms with Crippen LogP contribution in [-0.2, 0) is 6.42 Å². The number of anilines is 1. The van der Waals surface area contributed by atoms with Gasteiger partial charge in [0, 0.05) is 11.7 Å². The van der Waals surface area contributed by atoms with Crippen LogP contribution in [0.3, 0.4) is 0 Å². The lowest BCUT2D eigenvalue weighted by Gasteiger charge is -2.27. The van der Waals surface area contributed by atoms with Crippen molar-refractivity contribution in [1.29, 1.82) is 0 Å². The SMILES string of the molecule is CCCCCc1ccc(NC2CCC(C)CC2)cc1. The van der Waals surface area contributed by atoms with Crippen molar-refractivity contribution in [3.8, 4) is 0 Å². The monoisotopic (exact) mass is 259 g/mol. The second kappa shape index (κ2) is 7.57. The van der Waals surface area contributed by atoms with Gasteiger partial charge < -0.3 is 5.32 Å². The molecule has 1 aromatic rings. The Morgan fingerprint density at radius 1 is 1.00 bits per heavy atom. The van der Waals surface area contributed by atoms with Crippen LogP contribution in [0.15, 0.2) is 24.3 Å². The summed E-state index contributed by atoms with van der Waals surface area (Å²) in [5.74, 6) is 0.930. The Morgan fingerprint density at radius 3 is 2.32 bits per heavy atom. The van der Waals surface area contributed by atoms with Crippen LogP contribution < -0.4 is 5.32 Å². The molecule has 1 N–H and O–H groups in total. The zero-order chi connectivity index (χ0) is 13.5. The van der Waals surface area contributed by atoms with Crippen molar-refractivity contribution in [2.24, 2.45) is 5.92 Å². The molecule has 1 fully saturated rings. The van der Waals surface area contributed by atoms with Crippen LogP contribution in [0.5, 0.6) is 0 Å². The van der Waals surface area contributed by atoms with Crippen molar-refractivity contribution in [3.05, 3.63) is 29.8 Å². The van der Waals surface area contributed by atoms with E-state index in [1.54, 1.807) is 0 Å². The van der Waals surface area contributed by atoms with Crippen molar-refractivity contribution in [1.82, 2.24) is 0 Å². The summed E-state index contributed by atoms with van der Waals surface area (Å²) in [5, 5.41) is 3.70. The summed E-state index contributed by atoms with van der Waals surface area (Å²) < 4.78 is 0. The Morgan fingerprint density at radius 2 is 1.68 bits per heavy atom. The number of benzene rings is 1. The first-order valence-electron chi connectivity index (χ1n) is 8.13. The molecule has 1 saturated carbocycles. The molecule has 0 bridgehead atoms. The van der Waals surface area contributed by atoms with E-state index in [1.165, 1.54) is 62.6 Å². The van der Waals surface area contributed by atoms with E-state index in [4.69, 9.17) is 0 Å². The number of hydrogen-bond acceptors (Lipinski definition) is 1. The maximum atomic E-state index is 3.70. The average Bonchev–Trinajstić information content (AvgIpc) is 2.44. The van der Waals surface area contributed by atoms with E-state index in [-0.39, 0.29) is 0 Å². The van der Waals surface area contributed by atoms with E-state index in [2.05, 4.69) is 43.4 Å². The Balaban J connectivity index is 1.78. The molecule has 0 aliphatic heterocycles. The van der Waals surface area contributed by atoms with Crippen LogP contribution in [0.4, 0.5) is 5.69 Å². The maximum absolute atomic E-state index is 3.70. The van der Waals surface area contributed by atoms with E-state index in [1.807, 2.05) is 0 Å². The first-order chi connectivity index (χ1) is 9.28. The molecule has 0 atom stereocenters. The summed E-state index contributed by atoms with van der Waals surface area (Å²) in [6.07, 6.45) is 10.6. The van der Waals surface area contributed by atoms with Crippen molar-refractivity contribution in [2.45, 2.75) is 71.3 Å². The van der Waals surface area contributed by atoms with Gasteiger partial charge in [0.15, 0.2) is 0 Å². The van der Waals surface area contributed by atoms with Gasteiger partial charge in [-0.25, -0.2) is 0 Å². The molecule has 19 heavy (non-hydrogen) atoms.